The fourth-order valence-corrected chi connectivity index (χ4v) is 2.17. The highest BCUT2D eigenvalue weighted by atomic mass is 16.3. The molecule has 0 saturated heterocycles. The first-order valence-corrected chi connectivity index (χ1v) is 5.98. The first-order chi connectivity index (χ1) is 7.09. The zero-order chi connectivity index (χ0) is 11.3. The maximum absolute atomic E-state index is 11.5. The number of amides is 1. The minimum Gasteiger partial charge on any atom is -0.396 e. The first-order valence-electron chi connectivity index (χ1n) is 5.98. The van der Waals surface area contributed by atoms with E-state index in [0.29, 0.717) is 6.54 Å². The maximum atomic E-state index is 11.5. The molecule has 0 radical (unpaired) electrons. The van der Waals surface area contributed by atoms with Crippen molar-refractivity contribution in [3.05, 3.63) is 0 Å². The molecule has 1 aliphatic carbocycles. The predicted octanol–water partition coefficient (Wildman–Crippen LogP) is 1.70. The minimum absolute atomic E-state index is 0.0318. The molecule has 1 aliphatic rings. The van der Waals surface area contributed by atoms with Crippen molar-refractivity contribution >= 4 is 5.91 Å². The molecular weight excluding hydrogens is 190 g/mol. The number of carbonyl (C=O) groups excluding carboxylic acids is 1. The van der Waals surface area contributed by atoms with E-state index < -0.39 is 0 Å². The Morgan fingerprint density at radius 2 is 1.93 bits per heavy atom. The van der Waals surface area contributed by atoms with Gasteiger partial charge in [-0.2, -0.15) is 0 Å². The van der Waals surface area contributed by atoms with Crippen molar-refractivity contribution in [1.82, 2.24) is 5.32 Å². The Morgan fingerprint density at radius 1 is 1.33 bits per heavy atom. The second kappa shape index (κ2) is 5.50. The molecule has 0 bridgehead atoms. The largest absolute Gasteiger partial charge is 0.396 e. The summed E-state index contributed by atoms with van der Waals surface area (Å²) >= 11 is 0. The lowest BCUT2D eigenvalue weighted by atomic mass is 9.74. The highest BCUT2D eigenvalue weighted by Gasteiger charge is 2.31. The van der Waals surface area contributed by atoms with Crippen LogP contribution in [0.3, 0.4) is 0 Å². The third kappa shape index (κ3) is 3.49. The molecule has 1 saturated carbocycles. The third-order valence-electron chi connectivity index (χ3n) is 3.41. The van der Waals surface area contributed by atoms with Crippen molar-refractivity contribution in [2.75, 3.05) is 13.2 Å². The van der Waals surface area contributed by atoms with Gasteiger partial charge < -0.3 is 10.4 Å². The number of hydrogen-bond acceptors (Lipinski definition) is 2. The summed E-state index contributed by atoms with van der Waals surface area (Å²) in [7, 11) is 0. The Hall–Kier alpha value is -0.570. The van der Waals surface area contributed by atoms with E-state index in [2.05, 4.69) is 5.32 Å². The van der Waals surface area contributed by atoms with Gasteiger partial charge in [-0.05, 0) is 12.8 Å². The second-order valence-electron chi connectivity index (χ2n) is 5.09. The van der Waals surface area contributed by atoms with Crippen LogP contribution in [0.4, 0.5) is 0 Å². The van der Waals surface area contributed by atoms with Gasteiger partial charge in [0.1, 0.15) is 0 Å². The summed E-state index contributed by atoms with van der Waals surface area (Å²) < 4.78 is 0. The lowest BCUT2D eigenvalue weighted by Crippen LogP contribution is -2.42. The third-order valence-corrected chi connectivity index (χ3v) is 3.41. The quantitative estimate of drug-likeness (QED) is 0.746. The minimum atomic E-state index is -0.0389. The Bertz CT molecular complexity index is 208. The van der Waals surface area contributed by atoms with Crippen LogP contribution in [0.1, 0.15) is 46.0 Å². The van der Waals surface area contributed by atoms with Crippen LogP contribution in [0.15, 0.2) is 0 Å². The van der Waals surface area contributed by atoms with Crippen molar-refractivity contribution in [1.29, 1.82) is 0 Å². The average Bonchev–Trinajstić information content (AvgIpc) is 2.27. The fraction of sp³-hybridized carbons (Fsp3) is 0.917. The van der Waals surface area contributed by atoms with Crippen LogP contribution in [0.25, 0.3) is 0 Å². The molecule has 0 aromatic heterocycles. The Balaban J connectivity index is 2.42. The highest BCUT2D eigenvalue weighted by Crippen LogP contribution is 2.35. The van der Waals surface area contributed by atoms with E-state index in [1.165, 1.54) is 19.3 Å². The van der Waals surface area contributed by atoms with Crippen molar-refractivity contribution in [2.45, 2.75) is 46.0 Å². The standard InChI is InChI=1S/C12H23NO2/c1-10(2)11(15)13-8-12(9-14)6-4-3-5-7-12/h10,14H,3-9H2,1-2H3,(H,13,15). The van der Waals surface area contributed by atoms with E-state index in [4.69, 9.17) is 0 Å². The molecule has 2 N–H and O–H groups in total. The van der Waals surface area contributed by atoms with Crippen LogP contribution >= 0.6 is 0 Å². The van der Waals surface area contributed by atoms with Crippen molar-refractivity contribution < 1.29 is 9.90 Å². The summed E-state index contributed by atoms with van der Waals surface area (Å²) in [6.07, 6.45) is 5.71. The van der Waals surface area contributed by atoms with Crippen LogP contribution < -0.4 is 5.32 Å². The molecule has 1 fully saturated rings. The summed E-state index contributed by atoms with van der Waals surface area (Å²) in [5.41, 5.74) is -0.0389. The number of hydrogen-bond donors (Lipinski definition) is 2. The van der Waals surface area contributed by atoms with Gasteiger partial charge in [0.25, 0.3) is 0 Å². The van der Waals surface area contributed by atoms with Crippen LogP contribution in [0.2, 0.25) is 0 Å². The number of aliphatic hydroxyl groups is 1. The topological polar surface area (TPSA) is 49.3 Å². The summed E-state index contributed by atoms with van der Waals surface area (Å²) in [6.45, 7) is 4.62. The highest BCUT2D eigenvalue weighted by molar-refractivity contribution is 5.77. The van der Waals surface area contributed by atoms with Gasteiger partial charge in [0.2, 0.25) is 5.91 Å². The van der Waals surface area contributed by atoms with Crippen LogP contribution in [-0.4, -0.2) is 24.2 Å². The molecule has 88 valence electrons. The summed E-state index contributed by atoms with van der Waals surface area (Å²) in [5, 5.41) is 12.4. The summed E-state index contributed by atoms with van der Waals surface area (Å²) in [5.74, 6) is 0.123. The number of aliphatic hydroxyl groups excluding tert-OH is 1. The zero-order valence-corrected chi connectivity index (χ0v) is 9.88. The zero-order valence-electron chi connectivity index (χ0n) is 9.88. The SMILES string of the molecule is CC(C)C(=O)NCC1(CO)CCCCC1. The summed E-state index contributed by atoms with van der Waals surface area (Å²) in [4.78, 5) is 11.5. The molecule has 0 aliphatic heterocycles. The molecular formula is C12H23NO2. The maximum Gasteiger partial charge on any atom is 0.222 e. The Labute approximate surface area is 92.3 Å². The number of carbonyl (C=O) groups is 1. The Kier molecular flexibility index (Phi) is 4.58. The number of rotatable bonds is 4. The molecule has 0 aromatic carbocycles. The lowest BCUT2D eigenvalue weighted by molar-refractivity contribution is -0.124. The number of nitrogens with one attached hydrogen (secondary N) is 1. The van der Waals surface area contributed by atoms with Crippen LogP contribution in [-0.2, 0) is 4.79 Å². The van der Waals surface area contributed by atoms with E-state index in [0.717, 1.165) is 12.8 Å². The van der Waals surface area contributed by atoms with E-state index in [9.17, 15) is 9.90 Å². The van der Waals surface area contributed by atoms with Gasteiger partial charge in [0.15, 0.2) is 0 Å². The Morgan fingerprint density at radius 3 is 2.40 bits per heavy atom. The molecule has 0 unspecified atom stereocenters. The van der Waals surface area contributed by atoms with E-state index in [1.54, 1.807) is 0 Å². The molecule has 0 heterocycles. The predicted molar refractivity (Wildman–Crippen MR) is 60.5 cm³/mol. The molecule has 3 nitrogen and oxygen atoms in total. The van der Waals surface area contributed by atoms with Gasteiger partial charge >= 0.3 is 0 Å². The average molecular weight is 213 g/mol. The van der Waals surface area contributed by atoms with Gasteiger partial charge in [-0.3, -0.25) is 4.79 Å². The molecule has 3 heteroatoms. The van der Waals surface area contributed by atoms with Crippen molar-refractivity contribution in [3.8, 4) is 0 Å². The fourth-order valence-electron chi connectivity index (χ4n) is 2.17. The lowest BCUT2D eigenvalue weighted by Gasteiger charge is -2.35. The molecule has 0 aromatic rings. The molecule has 0 spiro atoms. The van der Waals surface area contributed by atoms with Crippen molar-refractivity contribution in [2.24, 2.45) is 11.3 Å². The van der Waals surface area contributed by atoms with Gasteiger partial charge in [-0.15, -0.1) is 0 Å². The molecule has 1 rings (SSSR count). The van der Waals surface area contributed by atoms with E-state index >= 15 is 0 Å². The van der Waals surface area contributed by atoms with Crippen LogP contribution in [0, 0.1) is 11.3 Å². The van der Waals surface area contributed by atoms with E-state index in [1.807, 2.05) is 13.8 Å². The van der Waals surface area contributed by atoms with Crippen molar-refractivity contribution in [3.63, 3.8) is 0 Å². The van der Waals surface area contributed by atoms with Crippen LogP contribution in [0.5, 0.6) is 0 Å². The molecule has 1 amide bonds. The van der Waals surface area contributed by atoms with Gasteiger partial charge in [-0.25, -0.2) is 0 Å². The van der Waals surface area contributed by atoms with E-state index in [-0.39, 0.29) is 23.8 Å². The van der Waals surface area contributed by atoms with Gasteiger partial charge in [-0.1, -0.05) is 33.1 Å². The molecule has 15 heavy (non-hydrogen) atoms. The summed E-state index contributed by atoms with van der Waals surface area (Å²) in [6, 6.07) is 0. The second-order valence-corrected chi connectivity index (χ2v) is 5.09. The normalized spacial score (nSPS) is 20.3. The van der Waals surface area contributed by atoms with Gasteiger partial charge in [0.05, 0.1) is 6.61 Å². The molecule has 0 atom stereocenters. The first kappa shape index (κ1) is 12.5. The smallest absolute Gasteiger partial charge is 0.222 e. The monoisotopic (exact) mass is 213 g/mol. The van der Waals surface area contributed by atoms with Gasteiger partial charge in [0, 0.05) is 17.9 Å².